The lowest BCUT2D eigenvalue weighted by Gasteiger charge is -2.21. The number of benzene rings is 1. The minimum Gasteiger partial charge on any atom is -0.508 e. The van der Waals surface area contributed by atoms with Crippen LogP contribution < -0.4 is 5.73 Å². The molecule has 0 saturated heterocycles. The van der Waals surface area contributed by atoms with E-state index in [1.807, 2.05) is 0 Å². The summed E-state index contributed by atoms with van der Waals surface area (Å²) in [5, 5.41) is 18.8. The summed E-state index contributed by atoms with van der Waals surface area (Å²) in [5.74, 6) is -0.175. The lowest BCUT2D eigenvalue weighted by Crippen LogP contribution is -2.49. The molecule has 1 aliphatic heterocycles. The first-order valence-electron chi connectivity index (χ1n) is 6.72. The van der Waals surface area contributed by atoms with Gasteiger partial charge in [0.05, 0.1) is 18.7 Å². The van der Waals surface area contributed by atoms with E-state index in [9.17, 15) is 19.8 Å². The van der Waals surface area contributed by atoms with Gasteiger partial charge in [0.2, 0.25) is 0 Å². The molecule has 1 heterocycles. The maximum atomic E-state index is 12.3. The van der Waals surface area contributed by atoms with Crippen LogP contribution in [0.5, 0.6) is 5.75 Å². The van der Waals surface area contributed by atoms with Crippen molar-refractivity contribution in [1.29, 1.82) is 0 Å². The van der Waals surface area contributed by atoms with Crippen molar-refractivity contribution >= 4 is 24.1 Å². The van der Waals surface area contributed by atoms with E-state index in [1.54, 1.807) is 12.1 Å². The summed E-state index contributed by atoms with van der Waals surface area (Å²) < 4.78 is 0. The van der Waals surface area contributed by atoms with Crippen LogP contribution in [0.25, 0.3) is 6.08 Å². The average molecular weight is 303 g/mol. The number of phenols is 1. The highest BCUT2D eigenvalue weighted by molar-refractivity contribution is 6.16. The Morgan fingerprint density at radius 2 is 2.00 bits per heavy atom. The van der Waals surface area contributed by atoms with Crippen molar-refractivity contribution in [3.8, 4) is 5.75 Å². The normalized spacial score (nSPS) is 19.2. The van der Waals surface area contributed by atoms with Crippen LogP contribution >= 0.6 is 0 Å². The summed E-state index contributed by atoms with van der Waals surface area (Å²) in [6, 6.07) is 5.36. The first kappa shape index (κ1) is 15.9. The molecular weight excluding hydrogens is 286 g/mol. The number of aliphatic hydroxyl groups excluding tert-OH is 1. The number of amides is 1. The van der Waals surface area contributed by atoms with Gasteiger partial charge in [-0.05, 0) is 30.7 Å². The largest absolute Gasteiger partial charge is 0.508 e. The number of hydrogen-bond donors (Lipinski definition) is 3. The number of carbonyl (C=O) groups excluding carboxylic acids is 2. The van der Waals surface area contributed by atoms with Crippen LogP contribution in [0.15, 0.2) is 35.0 Å². The van der Waals surface area contributed by atoms with E-state index in [0.29, 0.717) is 11.8 Å². The Morgan fingerprint density at radius 3 is 2.55 bits per heavy atom. The fraction of sp³-hybridized carbons (Fsp3) is 0.267. The highest BCUT2D eigenvalue weighted by atomic mass is 16.3. The highest BCUT2D eigenvalue weighted by Gasteiger charge is 2.34. The fourth-order valence-electron chi connectivity index (χ4n) is 2.02. The van der Waals surface area contributed by atoms with E-state index in [1.165, 1.54) is 25.1 Å². The van der Waals surface area contributed by atoms with Crippen LogP contribution in [-0.2, 0) is 9.59 Å². The Bertz CT molecular complexity index is 635. The zero-order chi connectivity index (χ0) is 16.3. The second-order valence-electron chi connectivity index (χ2n) is 4.94. The van der Waals surface area contributed by atoms with Gasteiger partial charge in [0.1, 0.15) is 23.6 Å². The van der Waals surface area contributed by atoms with Crippen molar-refractivity contribution in [2.45, 2.75) is 19.1 Å². The number of amidine groups is 1. The molecule has 0 spiro atoms. The predicted molar refractivity (Wildman–Crippen MR) is 81.0 cm³/mol. The Kier molecular flexibility index (Phi) is 4.69. The van der Waals surface area contributed by atoms with Crippen LogP contribution in [0.1, 0.15) is 12.5 Å². The number of rotatable bonds is 5. The van der Waals surface area contributed by atoms with Crippen molar-refractivity contribution in [2.24, 2.45) is 10.7 Å². The monoisotopic (exact) mass is 303 g/mol. The molecule has 1 aromatic carbocycles. The van der Waals surface area contributed by atoms with E-state index in [4.69, 9.17) is 5.73 Å². The van der Waals surface area contributed by atoms with Gasteiger partial charge in [-0.25, -0.2) is 4.99 Å². The molecule has 0 fully saturated rings. The molecule has 0 aliphatic carbocycles. The smallest absolute Gasteiger partial charge is 0.278 e. The topological polar surface area (TPSA) is 116 Å². The summed E-state index contributed by atoms with van der Waals surface area (Å²) in [6.45, 7) is 1.31. The van der Waals surface area contributed by atoms with Gasteiger partial charge in [0.15, 0.2) is 0 Å². The number of carbonyl (C=O) groups is 2. The number of nitrogens with two attached hydrogens (primary N) is 1. The van der Waals surface area contributed by atoms with E-state index in [0.717, 1.165) is 4.90 Å². The van der Waals surface area contributed by atoms with E-state index < -0.39 is 18.1 Å². The minimum atomic E-state index is -0.909. The number of aromatic hydroxyl groups is 1. The van der Waals surface area contributed by atoms with Crippen LogP contribution in [-0.4, -0.2) is 51.8 Å². The molecule has 0 aromatic heterocycles. The molecule has 2 rings (SSSR count). The van der Waals surface area contributed by atoms with Gasteiger partial charge in [-0.15, -0.1) is 0 Å². The molecule has 0 unspecified atom stereocenters. The zero-order valence-electron chi connectivity index (χ0n) is 12.0. The predicted octanol–water partition coefficient (Wildman–Crippen LogP) is -0.119. The maximum absolute atomic E-state index is 12.3. The Hall–Kier alpha value is -2.51. The second kappa shape index (κ2) is 6.50. The Morgan fingerprint density at radius 1 is 1.36 bits per heavy atom. The van der Waals surface area contributed by atoms with Crippen molar-refractivity contribution in [3.05, 3.63) is 35.5 Å². The summed E-state index contributed by atoms with van der Waals surface area (Å²) in [7, 11) is 0. The van der Waals surface area contributed by atoms with Crippen molar-refractivity contribution in [2.75, 3.05) is 6.54 Å². The fourth-order valence-corrected chi connectivity index (χ4v) is 2.02. The molecular formula is C15H17N3O4. The average Bonchev–Trinajstić information content (AvgIpc) is 2.78. The lowest BCUT2D eigenvalue weighted by atomic mass is 10.1. The standard InChI is InChI=1S/C15H17N3O4/c1-9(20)13(16)14-17-12(15(22)18(14)6-7-19)8-10-2-4-11(21)5-3-10/h2-5,7-9,13,20-21H,6,16H2,1H3/b12-8-/t9-,13+/m1/s1. The number of aldehydes is 1. The summed E-state index contributed by atoms with van der Waals surface area (Å²) in [5.41, 5.74) is 6.62. The molecule has 1 amide bonds. The number of aliphatic imine (C=N–C) groups is 1. The number of aliphatic hydroxyl groups is 1. The summed E-state index contributed by atoms with van der Waals surface area (Å²) in [4.78, 5) is 28.4. The first-order valence-corrected chi connectivity index (χ1v) is 6.72. The van der Waals surface area contributed by atoms with E-state index in [2.05, 4.69) is 4.99 Å². The second-order valence-corrected chi connectivity index (χ2v) is 4.94. The molecule has 0 bridgehead atoms. The maximum Gasteiger partial charge on any atom is 0.278 e. The van der Waals surface area contributed by atoms with Crippen LogP contribution in [0.4, 0.5) is 0 Å². The quantitative estimate of drug-likeness (QED) is 0.518. The molecule has 2 atom stereocenters. The molecule has 4 N–H and O–H groups in total. The third kappa shape index (κ3) is 3.21. The van der Waals surface area contributed by atoms with Gasteiger partial charge in [0, 0.05) is 0 Å². The molecule has 1 aromatic rings. The van der Waals surface area contributed by atoms with E-state index in [-0.39, 0.29) is 23.8 Å². The molecule has 1 aliphatic rings. The molecule has 7 nitrogen and oxygen atoms in total. The molecule has 0 saturated carbocycles. The van der Waals surface area contributed by atoms with Crippen LogP contribution in [0, 0.1) is 0 Å². The number of nitrogens with zero attached hydrogens (tertiary/aromatic N) is 2. The third-order valence-corrected chi connectivity index (χ3v) is 3.25. The molecule has 116 valence electrons. The minimum absolute atomic E-state index is 0.114. The van der Waals surface area contributed by atoms with Gasteiger partial charge < -0.3 is 20.7 Å². The van der Waals surface area contributed by atoms with Crippen molar-refractivity contribution < 1.29 is 19.8 Å². The third-order valence-electron chi connectivity index (χ3n) is 3.25. The van der Waals surface area contributed by atoms with Gasteiger partial charge in [-0.1, -0.05) is 12.1 Å². The highest BCUT2D eigenvalue weighted by Crippen LogP contribution is 2.21. The van der Waals surface area contributed by atoms with E-state index >= 15 is 0 Å². The van der Waals surface area contributed by atoms with Gasteiger partial charge in [-0.2, -0.15) is 0 Å². The summed E-state index contributed by atoms with van der Waals surface area (Å²) >= 11 is 0. The lowest BCUT2D eigenvalue weighted by molar-refractivity contribution is -0.124. The Balaban J connectivity index is 2.37. The van der Waals surface area contributed by atoms with Crippen LogP contribution in [0.3, 0.4) is 0 Å². The van der Waals surface area contributed by atoms with Crippen LogP contribution in [0.2, 0.25) is 0 Å². The van der Waals surface area contributed by atoms with Gasteiger partial charge in [-0.3, -0.25) is 9.69 Å². The zero-order valence-corrected chi connectivity index (χ0v) is 12.0. The number of phenolic OH excluding ortho intramolecular Hbond substituents is 1. The Labute approximate surface area is 127 Å². The van der Waals surface area contributed by atoms with Crippen molar-refractivity contribution in [3.63, 3.8) is 0 Å². The number of hydrogen-bond acceptors (Lipinski definition) is 6. The molecule has 22 heavy (non-hydrogen) atoms. The van der Waals surface area contributed by atoms with Gasteiger partial charge in [0.25, 0.3) is 5.91 Å². The summed E-state index contributed by atoms with van der Waals surface area (Å²) in [6.07, 6.45) is 1.20. The SMILES string of the molecule is C[C@@H](O)[C@H](N)C1=N/C(=C\c2ccc(O)cc2)C(=O)N1CC=O. The molecule has 0 radical (unpaired) electrons. The van der Waals surface area contributed by atoms with Crippen molar-refractivity contribution in [1.82, 2.24) is 4.90 Å². The first-order chi connectivity index (χ1) is 10.4. The molecule has 7 heteroatoms. The van der Waals surface area contributed by atoms with Gasteiger partial charge >= 0.3 is 0 Å².